The van der Waals surface area contributed by atoms with Gasteiger partial charge in [0.25, 0.3) is 0 Å². The Morgan fingerprint density at radius 3 is 2.56 bits per heavy atom. The molecule has 4 atom stereocenters. The SMILES string of the molecule is CC1SCC(C(O)c2ccc(F)c(F)c2)SC1C. The summed E-state index contributed by atoms with van der Waals surface area (Å²) in [6, 6.07) is 3.62. The van der Waals surface area contributed by atoms with Crippen LogP contribution in [0.2, 0.25) is 0 Å². The molecule has 1 fully saturated rings. The Labute approximate surface area is 114 Å². The van der Waals surface area contributed by atoms with Crippen molar-refractivity contribution in [2.75, 3.05) is 5.75 Å². The van der Waals surface area contributed by atoms with Crippen LogP contribution in [0.4, 0.5) is 8.78 Å². The molecule has 4 unspecified atom stereocenters. The van der Waals surface area contributed by atoms with Crippen LogP contribution in [0, 0.1) is 11.6 Å². The van der Waals surface area contributed by atoms with Gasteiger partial charge in [0.2, 0.25) is 0 Å². The summed E-state index contributed by atoms with van der Waals surface area (Å²) in [6.07, 6.45) is -0.743. The summed E-state index contributed by atoms with van der Waals surface area (Å²) in [5.41, 5.74) is 0.453. The monoisotopic (exact) mass is 290 g/mol. The molecule has 0 amide bonds. The first-order chi connectivity index (χ1) is 8.49. The van der Waals surface area contributed by atoms with Gasteiger partial charge < -0.3 is 5.11 Å². The van der Waals surface area contributed by atoms with Gasteiger partial charge in [-0.1, -0.05) is 19.9 Å². The van der Waals surface area contributed by atoms with Crippen molar-refractivity contribution >= 4 is 23.5 Å². The van der Waals surface area contributed by atoms with Gasteiger partial charge >= 0.3 is 0 Å². The van der Waals surface area contributed by atoms with E-state index in [-0.39, 0.29) is 5.25 Å². The summed E-state index contributed by atoms with van der Waals surface area (Å²) in [5, 5.41) is 11.3. The fourth-order valence-corrected chi connectivity index (χ4v) is 4.89. The molecule has 0 radical (unpaired) electrons. The lowest BCUT2D eigenvalue weighted by Gasteiger charge is -2.34. The second kappa shape index (κ2) is 5.80. The van der Waals surface area contributed by atoms with E-state index in [1.807, 2.05) is 11.8 Å². The number of rotatable bonds is 2. The van der Waals surface area contributed by atoms with Gasteiger partial charge in [0.1, 0.15) is 0 Å². The topological polar surface area (TPSA) is 20.2 Å². The van der Waals surface area contributed by atoms with Gasteiger partial charge in [0.15, 0.2) is 11.6 Å². The van der Waals surface area contributed by atoms with E-state index in [0.717, 1.165) is 17.9 Å². The van der Waals surface area contributed by atoms with Crippen molar-refractivity contribution in [3.63, 3.8) is 0 Å². The lowest BCUT2D eigenvalue weighted by Crippen LogP contribution is -2.30. The quantitative estimate of drug-likeness (QED) is 0.898. The fourth-order valence-electron chi connectivity index (χ4n) is 1.88. The minimum absolute atomic E-state index is 0.0334. The Balaban J connectivity index is 2.11. The number of hydrogen-bond donors (Lipinski definition) is 1. The fraction of sp³-hybridized carbons (Fsp3) is 0.538. The number of hydrogen-bond acceptors (Lipinski definition) is 3. The molecule has 1 nitrogen and oxygen atoms in total. The molecule has 1 aliphatic rings. The average Bonchev–Trinajstić information content (AvgIpc) is 2.35. The average molecular weight is 290 g/mol. The summed E-state index contributed by atoms with van der Waals surface area (Å²) in [5.74, 6) is -0.948. The van der Waals surface area contributed by atoms with Gasteiger partial charge in [-0.2, -0.15) is 23.5 Å². The van der Waals surface area contributed by atoms with E-state index < -0.39 is 17.7 Å². The minimum Gasteiger partial charge on any atom is -0.387 e. The van der Waals surface area contributed by atoms with E-state index in [1.54, 1.807) is 11.8 Å². The maximum atomic E-state index is 13.1. The van der Waals surface area contributed by atoms with Crippen LogP contribution in [-0.4, -0.2) is 26.6 Å². The van der Waals surface area contributed by atoms with Crippen LogP contribution in [0.1, 0.15) is 25.5 Å². The summed E-state index contributed by atoms with van der Waals surface area (Å²) in [4.78, 5) is 0. The standard InChI is InChI=1S/C13H16F2OS2/c1-7-8(2)18-12(6-17-7)13(16)9-3-4-10(14)11(15)5-9/h3-5,7-8,12-13,16H,6H2,1-2H3. The molecular weight excluding hydrogens is 274 g/mol. The number of benzene rings is 1. The van der Waals surface area contributed by atoms with Gasteiger partial charge in [-0.3, -0.25) is 0 Å². The Morgan fingerprint density at radius 1 is 1.22 bits per heavy atom. The van der Waals surface area contributed by atoms with Crippen LogP contribution in [0.3, 0.4) is 0 Å². The highest BCUT2D eigenvalue weighted by molar-refractivity contribution is 8.07. The maximum absolute atomic E-state index is 13.1. The van der Waals surface area contributed by atoms with E-state index >= 15 is 0 Å². The zero-order valence-corrected chi connectivity index (χ0v) is 11.9. The first-order valence-electron chi connectivity index (χ1n) is 5.89. The van der Waals surface area contributed by atoms with Crippen molar-refractivity contribution in [2.45, 2.75) is 35.7 Å². The van der Waals surface area contributed by atoms with Gasteiger partial charge in [0.05, 0.1) is 6.10 Å². The Hall–Kier alpha value is -0.260. The molecule has 1 N–H and O–H groups in total. The zero-order chi connectivity index (χ0) is 13.3. The molecule has 0 aliphatic carbocycles. The predicted molar refractivity (Wildman–Crippen MR) is 74.1 cm³/mol. The van der Waals surface area contributed by atoms with Crippen molar-refractivity contribution in [3.05, 3.63) is 35.4 Å². The smallest absolute Gasteiger partial charge is 0.159 e. The summed E-state index contributed by atoms with van der Waals surface area (Å²) >= 11 is 3.54. The molecule has 1 aromatic rings. The molecular formula is C13H16F2OS2. The molecule has 2 rings (SSSR count). The largest absolute Gasteiger partial charge is 0.387 e. The summed E-state index contributed by atoms with van der Waals surface area (Å²) in [6.45, 7) is 4.30. The van der Waals surface area contributed by atoms with Gasteiger partial charge in [-0.15, -0.1) is 0 Å². The highest BCUT2D eigenvalue weighted by atomic mass is 32.2. The molecule has 5 heteroatoms. The lowest BCUT2D eigenvalue weighted by atomic mass is 10.1. The van der Waals surface area contributed by atoms with Gasteiger partial charge in [-0.25, -0.2) is 8.78 Å². The third kappa shape index (κ3) is 3.00. The van der Waals surface area contributed by atoms with E-state index in [0.29, 0.717) is 16.1 Å². The molecule has 1 saturated heterocycles. The van der Waals surface area contributed by atoms with Crippen LogP contribution in [0.5, 0.6) is 0 Å². The first kappa shape index (κ1) is 14.2. The van der Waals surface area contributed by atoms with Crippen molar-refractivity contribution in [1.29, 1.82) is 0 Å². The lowest BCUT2D eigenvalue weighted by molar-refractivity contribution is 0.179. The van der Waals surface area contributed by atoms with E-state index in [2.05, 4.69) is 13.8 Å². The van der Waals surface area contributed by atoms with Crippen molar-refractivity contribution < 1.29 is 13.9 Å². The van der Waals surface area contributed by atoms with Gasteiger partial charge in [-0.05, 0) is 17.7 Å². The third-order valence-corrected chi connectivity index (χ3v) is 6.69. The molecule has 0 saturated carbocycles. The van der Waals surface area contributed by atoms with E-state index in [1.165, 1.54) is 6.07 Å². The van der Waals surface area contributed by atoms with E-state index in [9.17, 15) is 13.9 Å². The second-order valence-corrected chi connectivity index (χ2v) is 7.57. The normalized spacial score (nSPS) is 30.2. The number of aliphatic hydroxyl groups is 1. The van der Waals surface area contributed by atoms with Crippen LogP contribution in [0.15, 0.2) is 18.2 Å². The molecule has 100 valence electrons. The molecule has 0 spiro atoms. The van der Waals surface area contributed by atoms with Crippen molar-refractivity contribution in [3.8, 4) is 0 Å². The van der Waals surface area contributed by atoms with Crippen LogP contribution >= 0.6 is 23.5 Å². The molecule has 18 heavy (non-hydrogen) atoms. The number of thioether (sulfide) groups is 2. The van der Waals surface area contributed by atoms with Crippen molar-refractivity contribution in [2.24, 2.45) is 0 Å². The van der Waals surface area contributed by atoms with Crippen LogP contribution in [-0.2, 0) is 0 Å². The zero-order valence-electron chi connectivity index (χ0n) is 10.3. The third-order valence-electron chi connectivity index (χ3n) is 3.21. The molecule has 1 heterocycles. The summed E-state index contributed by atoms with van der Waals surface area (Å²) in [7, 11) is 0. The number of aliphatic hydroxyl groups excluding tert-OH is 1. The predicted octanol–water partition coefficient (Wildman–Crippen LogP) is 3.62. The van der Waals surface area contributed by atoms with E-state index in [4.69, 9.17) is 0 Å². The highest BCUT2D eigenvalue weighted by Crippen LogP contribution is 2.41. The molecule has 0 bridgehead atoms. The van der Waals surface area contributed by atoms with Crippen molar-refractivity contribution in [1.82, 2.24) is 0 Å². The Bertz CT molecular complexity index is 427. The maximum Gasteiger partial charge on any atom is 0.159 e. The summed E-state index contributed by atoms with van der Waals surface area (Å²) < 4.78 is 26.0. The Morgan fingerprint density at radius 2 is 1.94 bits per heavy atom. The molecule has 1 aromatic carbocycles. The molecule has 1 aliphatic heterocycles. The molecule has 0 aromatic heterocycles. The highest BCUT2D eigenvalue weighted by Gasteiger charge is 2.31. The van der Waals surface area contributed by atoms with Crippen LogP contribution < -0.4 is 0 Å². The van der Waals surface area contributed by atoms with Gasteiger partial charge in [0, 0.05) is 21.5 Å². The Kier molecular flexibility index (Phi) is 4.56. The number of halogens is 2. The second-order valence-electron chi connectivity index (χ2n) is 4.54. The van der Waals surface area contributed by atoms with Crippen LogP contribution in [0.25, 0.3) is 0 Å². The minimum atomic E-state index is -0.901. The first-order valence-corrected chi connectivity index (χ1v) is 7.88.